The lowest BCUT2D eigenvalue weighted by Crippen LogP contribution is -2.24. The van der Waals surface area contributed by atoms with E-state index < -0.39 is 0 Å². The van der Waals surface area contributed by atoms with Crippen LogP contribution in [0.2, 0.25) is 0 Å². The van der Waals surface area contributed by atoms with Gasteiger partial charge in [0.15, 0.2) is 0 Å². The molecule has 37 heavy (non-hydrogen) atoms. The van der Waals surface area contributed by atoms with Crippen LogP contribution in [0.4, 0.5) is 0 Å². The fourth-order valence-corrected chi connectivity index (χ4v) is 4.37. The number of pyridine rings is 1. The number of methoxy groups -OCH3 is 1. The molecule has 0 aliphatic rings. The first-order chi connectivity index (χ1) is 17.9. The van der Waals surface area contributed by atoms with E-state index in [9.17, 15) is 9.90 Å². The summed E-state index contributed by atoms with van der Waals surface area (Å²) in [5, 5.41) is 17.5. The third-order valence-electron chi connectivity index (χ3n) is 6.34. The normalized spacial score (nSPS) is 11.1. The highest BCUT2D eigenvalue weighted by Gasteiger charge is 2.15. The number of hydrogen-bond acceptors (Lipinski definition) is 7. The number of carbonyl (C=O) groups excluding carboxylic acids is 1. The quantitative estimate of drug-likeness (QED) is 0.258. The summed E-state index contributed by atoms with van der Waals surface area (Å²) in [5.41, 5.74) is 6.06. The van der Waals surface area contributed by atoms with Crippen molar-refractivity contribution in [2.24, 2.45) is 0 Å². The van der Waals surface area contributed by atoms with Crippen LogP contribution in [-0.2, 0) is 6.42 Å². The van der Waals surface area contributed by atoms with Gasteiger partial charge in [0, 0.05) is 29.4 Å². The van der Waals surface area contributed by atoms with Gasteiger partial charge in [-0.05, 0) is 74.7 Å². The molecule has 0 aliphatic carbocycles. The van der Waals surface area contributed by atoms with Gasteiger partial charge in [0.1, 0.15) is 17.3 Å². The van der Waals surface area contributed by atoms with Crippen molar-refractivity contribution >= 4 is 16.9 Å². The van der Waals surface area contributed by atoms with Crippen molar-refractivity contribution in [1.29, 1.82) is 0 Å². The van der Waals surface area contributed by atoms with Crippen LogP contribution in [0.5, 0.6) is 11.6 Å². The number of aryl methyl sites for hydroxylation is 2. The summed E-state index contributed by atoms with van der Waals surface area (Å²) in [4.78, 5) is 24.9. The van der Waals surface area contributed by atoms with E-state index in [1.807, 2.05) is 32.0 Å². The number of benzene rings is 2. The summed E-state index contributed by atoms with van der Waals surface area (Å²) in [6, 6.07) is 14.3. The fraction of sp³-hybridized carbons (Fsp3) is 0.214. The average molecular weight is 498 g/mol. The number of carbonyl (C=O) groups is 1. The van der Waals surface area contributed by atoms with Crippen LogP contribution < -0.4 is 10.1 Å². The van der Waals surface area contributed by atoms with Crippen LogP contribution in [0, 0.1) is 13.8 Å². The molecule has 3 heterocycles. The number of H-pyrrole nitrogens is 1. The van der Waals surface area contributed by atoms with Crippen molar-refractivity contribution in [2.75, 3.05) is 13.7 Å². The van der Waals surface area contributed by atoms with Crippen LogP contribution in [0.1, 0.15) is 33.8 Å². The minimum absolute atomic E-state index is 0.0851. The van der Waals surface area contributed by atoms with Gasteiger partial charge in [0.05, 0.1) is 29.4 Å². The Morgan fingerprint density at radius 3 is 2.78 bits per heavy atom. The molecule has 1 amide bonds. The predicted octanol–water partition coefficient (Wildman–Crippen LogP) is 4.97. The second kappa shape index (κ2) is 10.1. The van der Waals surface area contributed by atoms with Crippen molar-refractivity contribution in [2.45, 2.75) is 26.7 Å². The van der Waals surface area contributed by atoms with Crippen LogP contribution in [0.3, 0.4) is 0 Å². The molecule has 5 aromatic rings. The van der Waals surface area contributed by atoms with Gasteiger partial charge < -0.3 is 24.7 Å². The number of aromatic amines is 1. The number of ether oxygens (including phenoxy) is 1. The Hall–Kier alpha value is -4.66. The molecular weight excluding hydrogens is 470 g/mol. The van der Waals surface area contributed by atoms with Gasteiger partial charge in [-0.1, -0.05) is 11.2 Å². The van der Waals surface area contributed by atoms with Gasteiger partial charge in [-0.15, -0.1) is 0 Å². The number of nitrogens with one attached hydrogen (secondary N) is 2. The number of nitrogens with zero attached hydrogens (tertiary/aromatic N) is 3. The summed E-state index contributed by atoms with van der Waals surface area (Å²) >= 11 is 0. The van der Waals surface area contributed by atoms with E-state index in [1.165, 1.54) is 0 Å². The smallest absolute Gasteiger partial charge is 0.251 e. The number of aromatic hydroxyl groups is 1. The molecule has 0 saturated carbocycles. The Morgan fingerprint density at radius 1 is 1.14 bits per heavy atom. The zero-order valence-corrected chi connectivity index (χ0v) is 20.8. The van der Waals surface area contributed by atoms with Crippen molar-refractivity contribution in [1.82, 2.24) is 25.4 Å². The van der Waals surface area contributed by atoms with E-state index >= 15 is 0 Å². The van der Waals surface area contributed by atoms with Crippen molar-refractivity contribution in [3.05, 3.63) is 77.3 Å². The van der Waals surface area contributed by atoms with E-state index in [4.69, 9.17) is 9.26 Å². The highest BCUT2D eigenvalue weighted by atomic mass is 16.5. The molecule has 188 valence electrons. The Balaban J connectivity index is 1.33. The molecule has 0 radical (unpaired) electrons. The molecule has 0 spiro atoms. The lowest BCUT2D eigenvalue weighted by atomic mass is 10.0. The molecule has 0 aliphatic heterocycles. The second-order valence-electron chi connectivity index (χ2n) is 8.77. The van der Waals surface area contributed by atoms with Crippen molar-refractivity contribution in [3.8, 4) is 34.1 Å². The van der Waals surface area contributed by atoms with Crippen LogP contribution in [0.15, 0.2) is 59.3 Å². The fourth-order valence-electron chi connectivity index (χ4n) is 4.37. The Labute approximate surface area is 213 Å². The number of aromatic nitrogens is 4. The second-order valence-corrected chi connectivity index (χ2v) is 8.77. The molecule has 2 aromatic carbocycles. The number of phenols is 1. The standard InChI is InChI=1S/C28H27N5O4/c1-16-20(17(2)37-33-16)6-4-12-29-27(35)19-8-10-23-24(15-19)32-26(31-23)22-14-18(9-11-25(22)34)21-7-5-13-30-28(21)36-3/h5,7-11,13-15,34H,4,6,12H2,1-3H3,(H,29,35)(H,31,32). The van der Waals surface area contributed by atoms with Gasteiger partial charge >= 0.3 is 0 Å². The lowest BCUT2D eigenvalue weighted by molar-refractivity contribution is 0.0953. The van der Waals surface area contributed by atoms with Gasteiger partial charge in [-0.2, -0.15) is 0 Å². The molecule has 3 N–H and O–H groups in total. The van der Waals surface area contributed by atoms with Crippen LogP contribution in [0.25, 0.3) is 33.5 Å². The van der Waals surface area contributed by atoms with Crippen LogP contribution in [-0.4, -0.2) is 44.8 Å². The molecular formula is C28H27N5O4. The van der Waals surface area contributed by atoms with Gasteiger partial charge in [0.25, 0.3) is 5.91 Å². The number of phenolic OH excluding ortho intramolecular Hbond substituents is 1. The summed E-state index contributed by atoms with van der Waals surface area (Å²) in [6.45, 7) is 4.35. The average Bonchev–Trinajstić information content (AvgIpc) is 3.48. The van der Waals surface area contributed by atoms with E-state index in [1.54, 1.807) is 43.6 Å². The molecule has 9 heteroatoms. The maximum absolute atomic E-state index is 12.7. The van der Waals surface area contributed by atoms with E-state index in [0.29, 0.717) is 40.4 Å². The molecule has 0 fully saturated rings. The number of hydrogen-bond donors (Lipinski definition) is 3. The minimum atomic E-state index is -0.162. The first-order valence-electron chi connectivity index (χ1n) is 12.0. The predicted molar refractivity (Wildman–Crippen MR) is 140 cm³/mol. The molecule has 0 unspecified atom stereocenters. The zero-order valence-electron chi connectivity index (χ0n) is 20.8. The van der Waals surface area contributed by atoms with E-state index in [0.717, 1.165) is 41.0 Å². The molecule has 3 aromatic heterocycles. The molecule has 9 nitrogen and oxygen atoms in total. The van der Waals surface area contributed by atoms with Gasteiger partial charge in [-0.25, -0.2) is 9.97 Å². The molecule has 5 rings (SSSR count). The summed E-state index contributed by atoms with van der Waals surface area (Å²) in [6.07, 6.45) is 3.23. The highest BCUT2D eigenvalue weighted by Crippen LogP contribution is 2.35. The van der Waals surface area contributed by atoms with Crippen LogP contribution >= 0.6 is 0 Å². The summed E-state index contributed by atoms with van der Waals surface area (Å²) < 4.78 is 10.6. The van der Waals surface area contributed by atoms with E-state index in [2.05, 4.69) is 25.4 Å². The Kier molecular flexibility index (Phi) is 6.59. The molecule has 0 saturated heterocycles. The number of amides is 1. The van der Waals surface area contributed by atoms with Gasteiger partial charge in [-0.3, -0.25) is 4.79 Å². The largest absolute Gasteiger partial charge is 0.507 e. The number of imidazole rings is 1. The van der Waals surface area contributed by atoms with E-state index in [-0.39, 0.29) is 11.7 Å². The molecule has 0 atom stereocenters. The van der Waals surface area contributed by atoms with Gasteiger partial charge in [0.2, 0.25) is 5.88 Å². The Bertz CT molecular complexity index is 1570. The topological polar surface area (TPSA) is 126 Å². The zero-order chi connectivity index (χ0) is 25.9. The Morgan fingerprint density at radius 2 is 2.00 bits per heavy atom. The number of rotatable bonds is 8. The number of fused-ring (bicyclic) bond motifs is 1. The third-order valence-corrected chi connectivity index (χ3v) is 6.34. The first kappa shape index (κ1) is 24.1. The molecule has 0 bridgehead atoms. The minimum Gasteiger partial charge on any atom is -0.507 e. The van der Waals surface area contributed by atoms with Crippen molar-refractivity contribution in [3.63, 3.8) is 0 Å². The highest BCUT2D eigenvalue weighted by molar-refractivity contribution is 5.97. The monoisotopic (exact) mass is 497 g/mol. The maximum Gasteiger partial charge on any atom is 0.251 e. The van der Waals surface area contributed by atoms with Crippen molar-refractivity contribution < 1.29 is 19.2 Å². The summed E-state index contributed by atoms with van der Waals surface area (Å²) in [7, 11) is 1.57. The third kappa shape index (κ3) is 4.88. The lowest BCUT2D eigenvalue weighted by Gasteiger charge is -2.09. The maximum atomic E-state index is 12.7. The SMILES string of the molecule is COc1ncccc1-c1ccc(O)c(-c2nc3ccc(C(=O)NCCCc4c(C)noc4C)cc3[nH]2)c1. The summed E-state index contributed by atoms with van der Waals surface area (Å²) in [5.74, 6) is 1.73. The first-order valence-corrected chi connectivity index (χ1v) is 12.0.